The van der Waals surface area contributed by atoms with Crippen molar-refractivity contribution in [3.63, 3.8) is 0 Å². The molecule has 1 amide bonds. The Morgan fingerprint density at radius 1 is 1.53 bits per heavy atom. The van der Waals surface area contributed by atoms with Crippen LogP contribution in [0.5, 0.6) is 0 Å². The zero-order chi connectivity index (χ0) is 11.6. The van der Waals surface area contributed by atoms with E-state index >= 15 is 0 Å². The van der Waals surface area contributed by atoms with Crippen LogP contribution in [0.25, 0.3) is 0 Å². The van der Waals surface area contributed by atoms with Gasteiger partial charge in [0, 0.05) is 12.0 Å². The van der Waals surface area contributed by atoms with Gasteiger partial charge >= 0.3 is 5.97 Å². The Labute approximate surface area is 88.2 Å². The number of esters is 1. The SMILES string of the molecule is CCOC(=O)C1C(=O)NCC(C)(C)C1=O. The average molecular weight is 213 g/mol. The second-order valence-electron chi connectivity index (χ2n) is 4.15. The summed E-state index contributed by atoms with van der Waals surface area (Å²) < 4.78 is 4.69. The molecular weight excluding hydrogens is 198 g/mol. The molecule has 5 nitrogen and oxygen atoms in total. The lowest BCUT2D eigenvalue weighted by Crippen LogP contribution is -2.55. The first kappa shape index (κ1) is 11.7. The molecule has 0 saturated carbocycles. The fourth-order valence-corrected chi connectivity index (χ4v) is 1.45. The Morgan fingerprint density at radius 3 is 2.67 bits per heavy atom. The van der Waals surface area contributed by atoms with E-state index in [1.54, 1.807) is 20.8 Å². The number of rotatable bonds is 2. The van der Waals surface area contributed by atoms with E-state index in [9.17, 15) is 14.4 Å². The molecule has 1 aliphatic heterocycles. The summed E-state index contributed by atoms with van der Waals surface area (Å²) in [5.74, 6) is -2.98. The standard InChI is InChI=1S/C10H15NO4/c1-4-15-9(14)6-7(12)10(2,3)5-11-8(6)13/h6H,4-5H2,1-3H3,(H,11,13). The number of hydrogen-bond donors (Lipinski definition) is 1. The molecule has 0 aromatic heterocycles. The largest absolute Gasteiger partial charge is 0.465 e. The van der Waals surface area contributed by atoms with Crippen LogP contribution in [0.3, 0.4) is 0 Å². The van der Waals surface area contributed by atoms with Gasteiger partial charge in [-0.15, -0.1) is 0 Å². The average Bonchev–Trinajstić information content (AvgIpc) is 2.14. The first-order valence-electron chi connectivity index (χ1n) is 4.89. The molecule has 1 N–H and O–H groups in total. The maximum Gasteiger partial charge on any atom is 0.326 e. The molecule has 0 aromatic carbocycles. The van der Waals surface area contributed by atoms with Gasteiger partial charge in [0.2, 0.25) is 5.91 Å². The number of piperidine rings is 1. The highest BCUT2D eigenvalue weighted by molar-refractivity contribution is 6.19. The summed E-state index contributed by atoms with van der Waals surface area (Å²) in [5, 5.41) is 2.53. The van der Waals surface area contributed by atoms with Gasteiger partial charge < -0.3 is 10.1 Å². The lowest BCUT2D eigenvalue weighted by molar-refractivity contribution is -0.160. The molecule has 1 saturated heterocycles. The molecule has 0 aromatic rings. The molecule has 84 valence electrons. The van der Waals surface area contributed by atoms with Crippen LogP contribution in [-0.4, -0.2) is 30.8 Å². The predicted molar refractivity (Wildman–Crippen MR) is 51.9 cm³/mol. The number of Topliss-reactive ketones (excluding diaryl/α,β-unsaturated/α-hetero) is 1. The maximum atomic E-state index is 11.8. The van der Waals surface area contributed by atoms with E-state index in [-0.39, 0.29) is 18.9 Å². The molecule has 0 aliphatic carbocycles. The minimum Gasteiger partial charge on any atom is -0.465 e. The van der Waals surface area contributed by atoms with Crippen LogP contribution < -0.4 is 5.32 Å². The summed E-state index contributed by atoms with van der Waals surface area (Å²) in [4.78, 5) is 34.6. The van der Waals surface area contributed by atoms with Gasteiger partial charge in [0.25, 0.3) is 0 Å². The van der Waals surface area contributed by atoms with Crippen molar-refractivity contribution in [2.75, 3.05) is 13.2 Å². The Hall–Kier alpha value is -1.39. The van der Waals surface area contributed by atoms with Crippen molar-refractivity contribution in [2.45, 2.75) is 20.8 Å². The third-order valence-corrected chi connectivity index (χ3v) is 2.42. The van der Waals surface area contributed by atoms with Gasteiger partial charge in [0.05, 0.1) is 6.61 Å². The van der Waals surface area contributed by atoms with Gasteiger partial charge in [0.1, 0.15) is 0 Å². The minimum atomic E-state index is -1.30. The van der Waals surface area contributed by atoms with Gasteiger partial charge in [-0.2, -0.15) is 0 Å². The molecule has 0 bridgehead atoms. The summed E-state index contributed by atoms with van der Waals surface area (Å²) in [6, 6.07) is 0. The van der Waals surface area contributed by atoms with Gasteiger partial charge in [-0.3, -0.25) is 14.4 Å². The van der Waals surface area contributed by atoms with E-state index in [0.29, 0.717) is 0 Å². The smallest absolute Gasteiger partial charge is 0.326 e. The van der Waals surface area contributed by atoms with Crippen LogP contribution >= 0.6 is 0 Å². The monoisotopic (exact) mass is 213 g/mol. The van der Waals surface area contributed by atoms with E-state index in [1.807, 2.05) is 0 Å². The van der Waals surface area contributed by atoms with Gasteiger partial charge in [-0.25, -0.2) is 0 Å². The van der Waals surface area contributed by atoms with Crippen molar-refractivity contribution in [1.82, 2.24) is 5.32 Å². The van der Waals surface area contributed by atoms with E-state index in [4.69, 9.17) is 4.74 Å². The summed E-state index contributed by atoms with van der Waals surface area (Å²) >= 11 is 0. The fourth-order valence-electron chi connectivity index (χ4n) is 1.45. The number of nitrogens with one attached hydrogen (secondary N) is 1. The Balaban J connectivity index is 2.89. The van der Waals surface area contributed by atoms with Gasteiger partial charge in [-0.05, 0) is 6.92 Å². The lowest BCUT2D eigenvalue weighted by atomic mass is 9.77. The highest BCUT2D eigenvalue weighted by Gasteiger charge is 2.47. The molecule has 5 heteroatoms. The molecule has 0 spiro atoms. The second-order valence-corrected chi connectivity index (χ2v) is 4.15. The number of hydrogen-bond acceptors (Lipinski definition) is 4. The molecule has 1 rings (SSSR count). The first-order valence-corrected chi connectivity index (χ1v) is 4.89. The topological polar surface area (TPSA) is 72.5 Å². The molecular formula is C10H15NO4. The van der Waals surface area contributed by atoms with Crippen molar-refractivity contribution in [3.8, 4) is 0 Å². The van der Waals surface area contributed by atoms with Crippen LogP contribution in [0.4, 0.5) is 0 Å². The molecule has 1 heterocycles. The van der Waals surface area contributed by atoms with E-state index in [2.05, 4.69) is 5.32 Å². The summed E-state index contributed by atoms with van der Waals surface area (Å²) in [7, 11) is 0. The van der Waals surface area contributed by atoms with Crippen LogP contribution in [0, 0.1) is 11.3 Å². The molecule has 1 aliphatic rings. The minimum absolute atomic E-state index is 0.163. The van der Waals surface area contributed by atoms with Crippen LogP contribution in [-0.2, 0) is 19.1 Å². The van der Waals surface area contributed by atoms with Crippen LogP contribution in [0.15, 0.2) is 0 Å². The summed E-state index contributed by atoms with van der Waals surface area (Å²) in [6.45, 7) is 5.45. The first-order chi connectivity index (χ1) is 6.90. The third kappa shape index (κ3) is 2.16. The van der Waals surface area contributed by atoms with Gasteiger partial charge in [0.15, 0.2) is 11.7 Å². The number of carbonyl (C=O) groups excluding carboxylic acids is 3. The summed E-state index contributed by atoms with van der Waals surface area (Å²) in [6.07, 6.45) is 0. The van der Waals surface area contributed by atoms with Crippen molar-refractivity contribution in [3.05, 3.63) is 0 Å². The zero-order valence-corrected chi connectivity index (χ0v) is 9.12. The van der Waals surface area contributed by atoms with Crippen LogP contribution in [0.2, 0.25) is 0 Å². The maximum absolute atomic E-state index is 11.8. The lowest BCUT2D eigenvalue weighted by Gasteiger charge is -2.32. The normalized spacial score (nSPS) is 24.6. The molecule has 1 unspecified atom stereocenters. The molecule has 1 fully saturated rings. The van der Waals surface area contributed by atoms with Crippen LogP contribution in [0.1, 0.15) is 20.8 Å². The number of carbonyl (C=O) groups is 3. The highest BCUT2D eigenvalue weighted by Crippen LogP contribution is 2.25. The van der Waals surface area contributed by atoms with Gasteiger partial charge in [-0.1, -0.05) is 13.8 Å². The summed E-state index contributed by atoms with van der Waals surface area (Å²) in [5.41, 5.74) is -0.703. The molecule has 1 atom stereocenters. The zero-order valence-electron chi connectivity index (χ0n) is 9.12. The van der Waals surface area contributed by atoms with Crippen molar-refractivity contribution in [1.29, 1.82) is 0 Å². The third-order valence-electron chi connectivity index (χ3n) is 2.42. The van der Waals surface area contributed by atoms with Crippen molar-refractivity contribution < 1.29 is 19.1 Å². The van der Waals surface area contributed by atoms with Crippen molar-refractivity contribution >= 4 is 17.7 Å². The highest BCUT2D eigenvalue weighted by atomic mass is 16.5. The quantitative estimate of drug-likeness (QED) is 0.513. The second kappa shape index (κ2) is 4.00. The Morgan fingerprint density at radius 2 is 2.13 bits per heavy atom. The fraction of sp³-hybridized carbons (Fsp3) is 0.700. The number of ether oxygens (including phenoxy) is 1. The van der Waals surface area contributed by atoms with E-state index < -0.39 is 23.2 Å². The van der Waals surface area contributed by atoms with Crippen molar-refractivity contribution in [2.24, 2.45) is 11.3 Å². The van der Waals surface area contributed by atoms with E-state index in [0.717, 1.165) is 0 Å². The molecule has 0 radical (unpaired) electrons. The number of ketones is 1. The predicted octanol–water partition coefficient (Wildman–Crippen LogP) is -0.109. The molecule has 15 heavy (non-hydrogen) atoms. The Bertz CT molecular complexity index is 309. The van der Waals surface area contributed by atoms with E-state index in [1.165, 1.54) is 0 Å². The number of amides is 1. The Kier molecular flexibility index (Phi) is 3.12.